The van der Waals surface area contributed by atoms with Gasteiger partial charge >= 0.3 is 21.1 Å². The third-order valence-corrected chi connectivity index (χ3v) is 1.39. The first-order valence-corrected chi connectivity index (χ1v) is 4.66. The van der Waals surface area contributed by atoms with E-state index in [0.29, 0.717) is 0 Å². The molecule has 0 unspecified atom stereocenters. The van der Waals surface area contributed by atoms with Crippen LogP contribution < -0.4 is 27.9 Å². The fourth-order valence-corrected chi connectivity index (χ4v) is 0.843. The Bertz CT molecular complexity index is 51.8. The van der Waals surface area contributed by atoms with Crippen LogP contribution in [-0.4, -0.2) is 13.3 Å². The second-order valence-corrected chi connectivity index (χ2v) is 2.75. The molecule has 0 aliphatic carbocycles. The van der Waals surface area contributed by atoms with E-state index in [0.717, 1.165) is 0 Å². The molecule has 0 rings (SSSR count). The summed E-state index contributed by atoms with van der Waals surface area (Å²) in [5, 5.41) is 0. The third-order valence-electron chi connectivity index (χ3n) is 0.444. The number of rotatable bonds is 4. The SMILES string of the molecule is [O-][I+2]([O-])OCCCF. The van der Waals surface area contributed by atoms with Crippen molar-refractivity contribution in [3.05, 3.63) is 0 Å². The predicted molar refractivity (Wildman–Crippen MR) is 16.5 cm³/mol. The molecule has 0 radical (unpaired) electrons. The Morgan fingerprint density at radius 1 is 1.50 bits per heavy atom. The highest BCUT2D eigenvalue weighted by Gasteiger charge is 2.08. The fourth-order valence-electron chi connectivity index (χ4n) is 0.172. The van der Waals surface area contributed by atoms with Crippen LogP contribution in [0, 0.1) is 0 Å². The summed E-state index contributed by atoms with van der Waals surface area (Å²) in [5.41, 5.74) is 0. The van der Waals surface area contributed by atoms with Crippen molar-refractivity contribution < 1.29 is 35.4 Å². The average molecular weight is 236 g/mol. The van der Waals surface area contributed by atoms with Gasteiger partial charge in [-0.3, -0.25) is 4.39 Å². The van der Waals surface area contributed by atoms with Crippen molar-refractivity contribution in [3.63, 3.8) is 0 Å². The van der Waals surface area contributed by atoms with Crippen molar-refractivity contribution >= 4 is 0 Å². The Labute approximate surface area is 55.5 Å². The first-order valence-electron chi connectivity index (χ1n) is 2.02. The van der Waals surface area contributed by atoms with Crippen LogP contribution in [0.5, 0.6) is 0 Å². The molecule has 3 nitrogen and oxygen atoms in total. The number of alkyl halides is 1. The number of halogens is 2. The van der Waals surface area contributed by atoms with Gasteiger partial charge < -0.3 is 6.87 Å². The second kappa shape index (κ2) is 5.67. The summed E-state index contributed by atoms with van der Waals surface area (Å²) in [4.78, 5) is 0. The molecular weight excluding hydrogens is 230 g/mol. The molecule has 0 aromatic rings. The minimum absolute atomic E-state index is 0.00560. The van der Waals surface area contributed by atoms with Gasteiger partial charge in [-0.25, -0.2) is 0 Å². The summed E-state index contributed by atoms with van der Waals surface area (Å²) in [6, 6.07) is 0. The molecule has 0 spiro atoms. The van der Waals surface area contributed by atoms with Gasteiger partial charge in [-0.15, -0.1) is 0 Å². The van der Waals surface area contributed by atoms with E-state index in [9.17, 15) is 11.3 Å². The Hall–Kier alpha value is 0.540. The smallest absolute Gasteiger partial charge is 0.396 e. The molecule has 0 aliphatic heterocycles. The van der Waals surface area contributed by atoms with Crippen LogP contribution in [0.1, 0.15) is 6.42 Å². The van der Waals surface area contributed by atoms with E-state index in [1.165, 1.54) is 0 Å². The molecule has 0 aromatic heterocycles. The zero-order valence-electron chi connectivity index (χ0n) is 4.10. The molecule has 0 amide bonds. The molecule has 8 heavy (non-hydrogen) atoms. The van der Waals surface area contributed by atoms with Gasteiger partial charge in [0.05, 0.1) is 6.67 Å². The summed E-state index contributed by atoms with van der Waals surface area (Å²) >= 11 is -3.51. The highest BCUT2D eigenvalue weighted by Crippen LogP contribution is 1.75. The summed E-state index contributed by atoms with van der Waals surface area (Å²) in [7, 11) is 0. The molecule has 0 aromatic carbocycles. The first kappa shape index (κ1) is 8.54. The normalized spacial score (nSPS) is 10.5. The summed E-state index contributed by atoms with van der Waals surface area (Å²) < 4.78 is 34.6. The maximum atomic E-state index is 11.2. The van der Waals surface area contributed by atoms with Gasteiger partial charge in [0.15, 0.2) is 0 Å². The topological polar surface area (TPSA) is 55.3 Å². The lowest BCUT2D eigenvalue weighted by Crippen LogP contribution is -3.99. The van der Waals surface area contributed by atoms with E-state index in [1.807, 2.05) is 0 Å². The minimum Gasteiger partial charge on any atom is -0.396 e. The second-order valence-electron chi connectivity index (χ2n) is 1.04. The van der Waals surface area contributed by atoms with E-state index in [2.05, 4.69) is 3.07 Å². The maximum Gasteiger partial charge on any atom is 0.506 e. The summed E-state index contributed by atoms with van der Waals surface area (Å²) in [6.07, 6.45) is 0.165. The van der Waals surface area contributed by atoms with E-state index < -0.39 is 27.7 Å². The van der Waals surface area contributed by atoms with Crippen LogP contribution in [0.15, 0.2) is 0 Å². The monoisotopic (exact) mass is 236 g/mol. The molecule has 5 heteroatoms. The minimum atomic E-state index is -3.51. The van der Waals surface area contributed by atoms with E-state index >= 15 is 0 Å². The van der Waals surface area contributed by atoms with Crippen LogP contribution in [0.2, 0.25) is 0 Å². The first-order chi connectivity index (χ1) is 3.77. The molecule has 0 N–H and O–H groups in total. The Kier molecular flexibility index (Phi) is 6.06. The lowest BCUT2D eigenvalue weighted by atomic mass is 10.5. The van der Waals surface area contributed by atoms with E-state index in [4.69, 9.17) is 0 Å². The molecule has 0 heterocycles. The molecule has 0 fully saturated rings. The number of hydrogen-bond acceptors (Lipinski definition) is 3. The van der Waals surface area contributed by atoms with Gasteiger partial charge in [0, 0.05) is 6.42 Å². The highest BCUT2D eigenvalue weighted by atomic mass is 127. The van der Waals surface area contributed by atoms with Gasteiger partial charge in [0.25, 0.3) is 0 Å². The van der Waals surface area contributed by atoms with Crippen molar-refractivity contribution in [1.82, 2.24) is 0 Å². The Morgan fingerprint density at radius 2 is 2.12 bits per heavy atom. The quantitative estimate of drug-likeness (QED) is 0.365. The van der Waals surface area contributed by atoms with E-state index in [1.54, 1.807) is 0 Å². The molecular formula is C3H6FIO3. The predicted octanol–water partition coefficient (Wildman–Crippen LogP) is -4.55. The van der Waals surface area contributed by atoms with Gasteiger partial charge in [-0.1, -0.05) is 0 Å². The van der Waals surface area contributed by atoms with Crippen LogP contribution in [-0.2, 0) is 3.07 Å². The van der Waals surface area contributed by atoms with Crippen molar-refractivity contribution in [2.45, 2.75) is 6.42 Å². The lowest BCUT2D eigenvalue weighted by molar-refractivity contribution is -1.63. The van der Waals surface area contributed by atoms with Crippen molar-refractivity contribution in [3.8, 4) is 0 Å². The molecule has 0 atom stereocenters. The highest BCUT2D eigenvalue weighted by molar-refractivity contribution is 4.24. The Balaban J connectivity index is 2.72. The zero-order chi connectivity index (χ0) is 6.41. The molecule has 0 aliphatic rings. The Morgan fingerprint density at radius 3 is 2.50 bits per heavy atom. The fraction of sp³-hybridized carbons (Fsp3) is 1.00. The van der Waals surface area contributed by atoms with E-state index in [-0.39, 0.29) is 13.0 Å². The third kappa shape index (κ3) is 6.54. The molecule has 0 saturated carbocycles. The summed E-state index contributed by atoms with van der Waals surface area (Å²) in [6.45, 7) is -0.529. The van der Waals surface area contributed by atoms with Crippen LogP contribution in [0.4, 0.5) is 4.39 Å². The summed E-state index contributed by atoms with van der Waals surface area (Å²) in [5.74, 6) is 0. The maximum absolute atomic E-state index is 11.2. The molecule has 50 valence electrons. The molecule has 0 bridgehead atoms. The van der Waals surface area contributed by atoms with Gasteiger partial charge in [0.2, 0.25) is 0 Å². The van der Waals surface area contributed by atoms with Crippen LogP contribution >= 0.6 is 0 Å². The van der Waals surface area contributed by atoms with Gasteiger partial charge in [0.1, 0.15) is 6.61 Å². The number of hydrogen-bond donors (Lipinski definition) is 0. The van der Waals surface area contributed by atoms with Gasteiger partial charge in [-0.2, -0.15) is 0 Å². The average Bonchev–Trinajstić information content (AvgIpc) is 1.66. The molecule has 0 saturated heterocycles. The zero-order valence-corrected chi connectivity index (χ0v) is 6.26. The van der Waals surface area contributed by atoms with Crippen LogP contribution in [0.3, 0.4) is 0 Å². The largest absolute Gasteiger partial charge is 0.506 e. The van der Waals surface area contributed by atoms with Crippen molar-refractivity contribution in [2.24, 2.45) is 0 Å². The van der Waals surface area contributed by atoms with Crippen LogP contribution in [0.25, 0.3) is 0 Å². The van der Waals surface area contributed by atoms with Crippen molar-refractivity contribution in [1.29, 1.82) is 0 Å². The van der Waals surface area contributed by atoms with Gasteiger partial charge in [-0.05, 0) is 3.07 Å². The van der Waals surface area contributed by atoms with Crippen molar-refractivity contribution in [2.75, 3.05) is 13.3 Å². The lowest BCUT2D eigenvalue weighted by Gasteiger charge is -1.87. The standard InChI is InChI=1S/C3H6FIO3/c4-2-1-3-8-5(6)7/h1-3H2.